The van der Waals surface area contributed by atoms with Crippen LogP contribution in [0, 0.1) is 5.82 Å². The highest BCUT2D eigenvalue weighted by molar-refractivity contribution is 6.31. The van der Waals surface area contributed by atoms with Crippen molar-refractivity contribution in [2.24, 2.45) is 0 Å². The molecule has 0 radical (unpaired) electrons. The lowest BCUT2D eigenvalue weighted by molar-refractivity contribution is 0.333. The predicted octanol–water partition coefficient (Wildman–Crippen LogP) is 3.16. The number of benzene rings is 1. The summed E-state index contributed by atoms with van der Waals surface area (Å²) in [6, 6.07) is 4.52. The van der Waals surface area contributed by atoms with Gasteiger partial charge in [0.1, 0.15) is 5.82 Å². The van der Waals surface area contributed by atoms with Crippen molar-refractivity contribution in [3.8, 4) is 0 Å². The molecule has 2 rings (SSSR count). The first-order chi connectivity index (χ1) is 9.51. The highest BCUT2D eigenvalue weighted by Gasteiger charge is 2.19. The first-order valence-electron chi connectivity index (χ1n) is 6.45. The molecule has 1 N–H and O–H groups in total. The quantitative estimate of drug-likeness (QED) is 0.921. The van der Waals surface area contributed by atoms with Crippen LogP contribution in [0.2, 0.25) is 5.02 Å². The molecule has 0 fully saturated rings. The maximum atomic E-state index is 13.0. The summed E-state index contributed by atoms with van der Waals surface area (Å²) in [4.78, 5) is 4.37. The number of nitrogens with zero attached hydrogens (tertiary/aromatic N) is 2. The number of nitrogens with one attached hydrogen (secondary N) is 1. The standard InChI is InChI=1S/C14H17ClFN3O/c1-8(9(2)17-3)14-18-13(19-20-14)6-10-4-5-11(16)7-12(10)15/h4-5,7-9,17H,6H2,1-3H3. The Morgan fingerprint density at radius 1 is 1.40 bits per heavy atom. The average molecular weight is 298 g/mol. The SMILES string of the molecule is CNC(C)C(C)c1nc(Cc2ccc(F)cc2Cl)no1. The molecule has 2 aromatic rings. The summed E-state index contributed by atoms with van der Waals surface area (Å²) >= 11 is 5.99. The number of hydrogen-bond acceptors (Lipinski definition) is 4. The van der Waals surface area contributed by atoms with Gasteiger partial charge in [-0.25, -0.2) is 4.39 Å². The summed E-state index contributed by atoms with van der Waals surface area (Å²) in [5, 5.41) is 7.46. The minimum Gasteiger partial charge on any atom is -0.339 e. The first kappa shape index (κ1) is 14.9. The molecular formula is C14H17ClFN3O. The fourth-order valence-corrected chi connectivity index (χ4v) is 2.06. The van der Waals surface area contributed by atoms with Crippen molar-refractivity contribution in [2.75, 3.05) is 7.05 Å². The van der Waals surface area contributed by atoms with Crippen molar-refractivity contribution >= 4 is 11.6 Å². The van der Waals surface area contributed by atoms with E-state index in [0.29, 0.717) is 23.2 Å². The second-order valence-corrected chi connectivity index (χ2v) is 5.23. The van der Waals surface area contributed by atoms with Gasteiger partial charge < -0.3 is 9.84 Å². The van der Waals surface area contributed by atoms with E-state index in [2.05, 4.69) is 15.5 Å². The van der Waals surface area contributed by atoms with Crippen LogP contribution < -0.4 is 5.32 Å². The smallest absolute Gasteiger partial charge is 0.231 e. The van der Waals surface area contributed by atoms with Crippen LogP contribution >= 0.6 is 11.6 Å². The first-order valence-corrected chi connectivity index (χ1v) is 6.82. The number of aromatic nitrogens is 2. The van der Waals surface area contributed by atoms with E-state index >= 15 is 0 Å². The van der Waals surface area contributed by atoms with Gasteiger partial charge in [0, 0.05) is 17.5 Å². The lowest BCUT2D eigenvalue weighted by atomic mass is 10.0. The molecule has 4 nitrogen and oxygen atoms in total. The van der Waals surface area contributed by atoms with Crippen molar-refractivity contribution in [2.45, 2.75) is 32.2 Å². The van der Waals surface area contributed by atoms with Gasteiger partial charge in [0.05, 0.1) is 5.92 Å². The molecule has 0 saturated heterocycles. The van der Waals surface area contributed by atoms with E-state index in [1.165, 1.54) is 12.1 Å². The fraction of sp³-hybridized carbons (Fsp3) is 0.429. The van der Waals surface area contributed by atoms with Gasteiger partial charge in [-0.1, -0.05) is 29.7 Å². The highest BCUT2D eigenvalue weighted by atomic mass is 35.5. The zero-order chi connectivity index (χ0) is 14.7. The molecular weight excluding hydrogens is 281 g/mol. The Bertz CT molecular complexity index is 588. The van der Waals surface area contributed by atoms with E-state index in [1.807, 2.05) is 20.9 Å². The second kappa shape index (κ2) is 6.33. The zero-order valence-corrected chi connectivity index (χ0v) is 12.4. The molecule has 1 aromatic carbocycles. The Hall–Kier alpha value is -1.46. The number of rotatable bonds is 5. The third-order valence-electron chi connectivity index (χ3n) is 3.44. The van der Waals surface area contributed by atoms with E-state index in [-0.39, 0.29) is 17.8 Å². The van der Waals surface area contributed by atoms with E-state index in [9.17, 15) is 4.39 Å². The van der Waals surface area contributed by atoms with Crippen LogP contribution in [0.5, 0.6) is 0 Å². The molecule has 0 bridgehead atoms. The maximum absolute atomic E-state index is 13.0. The number of likely N-dealkylation sites (N-methyl/N-ethyl adjacent to an activating group) is 1. The van der Waals surface area contributed by atoms with Gasteiger partial charge in [-0.2, -0.15) is 4.98 Å². The summed E-state index contributed by atoms with van der Waals surface area (Å²) < 4.78 is 18.2. The Morgan fingerprint density at radius 3 is 2.80 bits per heavy atom. The van der Waals surface area contributed by atoms with Gasteiger partial charge in [-0.15, -0.1) is 0 Å². The summed E-state index contributed by atoms with van der Waals surface area (Å²) in [5.41, 5.74) is 0.773. The largest absolute Gasteiger partial charge is 0.339 e. The molecule has 0 saturated carbocycles. The van der Waals surface area contributed by atoms with Crippen LogP contribution in [0.3, 0.4) is 0 Å². The molecule has 0 spiro atoms. The average Bonchev–Trinajstić information content (AvgIpc) is 2.88. The molecule has 0 amide bonds. The molecule has 0 aliphatic heterocycles. The molecule has 2 atom stereocenters. The fourth-order valence-electron chi connectivity index (χ4n) is 1.82. The van der Waals surface area contributed by atoms with Crippen molar-refractivity contribution in [3.63, 3.8) is 0 Å². The van der Waals surface area contributed by atoms with Crippen molar-refractivity contribution in [1.82, 2.24) is 15.5 Å². The zero-order valence-electron chi connectivity index (χ0n) is 11.7. The summed E-state index contributed by atoms with van der Waals surface area (Å²) in [6.07, 6.45) is 0.420. The van der Waals surface area contributed by atoms with Gasteiger partial charge in [0.25, 0.3) is 0 Å². The van der Waals surface area contributed by atoms with E-state index in [4.69, 9.17) is 16.1 Å². The van der Waals surface area contributed by atoms with E-state index in [1.54, 1.807) is 6.07 Å². The van der Waals surface area contributed by atoms with Crippen molar-refractivity contribution in [1.29, 1.82) is 0 Å². The van der Waals surface area contributed by atoms with Crippen LogP contribution in [0.1, 0.15) is 37.0 Å². The second-order valence-electron chi connectivity index (χ2n) is 4.83. The third-order valence-corrected chi connectivity index (χ3v) is 3.79. The lowest BCUT2D eigenvalue weighted by Gasteiger charge is -2.14. The van der Waals surface area contributed by atoms with Gasteiger partial charge in [-0.3, -0.25) is 0 Å². The molecule has 6 heteroatoms. The highest BCUT2D eigenvalue weighted by Crippen LogP contribution is 2.21. The Morgan fingerprint density at radius 2 is 2.15 bits per heavy atom. The summed E-state index contributed by atoms with van der Waals surface area (Å²) in [5.74, 6) is 0.887. The summed E-state index contributed by atoms with van der Waals surface area (Å²) in [6.45, 7) is 4.06. The minimum atomic E-state index is -0.357. The van der Waals surface area contributed by atoms with Crippen LogP contribution in [0.25, 0.3) is 0 Å². The van der Waals surface area contributed by atoms with E-state index in [0.717, 1.165) is 5.56 Å². The van der Waals surface area contributed by atoms with Gasteiger partial charge in [0.2, 0.25) is 5.89 Å². The number of halogens is 2. The van der Waals surface area contributed by atoms with Crippen molar-refractivity contribution < 1.29 is 8.91 Å². The van der Waals surface area contributed by atoms with Gasteiger partial charge in [0.15, 0.2) is 5.82 Å². The van der Waals surface area contributed by atoms with Gasteiger partial charge in [-0.05, 0) is 31.7 Å². The molecule has 20 heavy (non-hydrogen) atoms. The Balaban J connectivity index is 2.13. The normalized spacial score (nSPS) is 14.2. The van der Waals surface area contributed by atoms with Crippen molar-refractivity contribution in [3.05, 3.63) is 46.3 Å². The molecule has 0 aliphatic rings. The van der Waals surface area contributed by atoms with Gasteiger partial charge >= 0.3 is 0 Å². The lowest BCUT2D eigenvalue weighted by Crippen LogP contribution is -2.27. The topological polar surface area (TPSA) is 51.0 Å². The minimum absolute atomic E-state index is 0.116. The Labute approximate surface area is 122 Å². The van der Waals surface area contributed by atoms with Crippen LogP contribution in [-0.4, -0.2) is 23.2 Å². The molecule has 0 aliphatic carbocycles. The molecule has 2 unspecified atom stereocenters. The van der Waals surface area contributed by atoms with Crippen LogP contribution in [0.15, 0.2) is 22.7 Å². The molecule has 1 aromatic heterocycles. The predicted molar refractivity (Wildman–Crippen MR) is 75.5 cm³/mol. The number of hydrogen-bond donors (Lipinski definition) is 1. The summed E-state index contributed by atoms with van der Waals surface area (Å²) in [7, 11) is 1.89. The van der Waals surface area contributed by atoms with E-state index < -0.39 is 0 Å². The Kier molecular flexibility index (Phi) is 4.73. The molecule has 1 heterocycles. The monoisotopic (exact) mass is 297 g/mol. The molecule has 108 valence electrons. The third kappa shape index (κ3) is 3.35. The van der Waals surface area contributed by atoms with Crippen LogP contribution in [0.4, 0.5) is 4.39 Å². The van der Waals surface area contributed by atoms with Crippen LogP contribution in [-0.2, 0) is 6.42 Å². The maximum Gasteiger partial charge on any atom is 0.231 e.